The molecule has 0 heterocycles. The number of rotatable bonds is 3. The quantitative estimate of drug-likeness (QED) is 0.546. The molecule has 3 rings (SSSR count). The van der Waals surface area contributed by atoms with Gasteiger partial charge in [-0.2, -0.15) is 0 Å². The molecule has 1 saturated carbocycles. The van der Waals surface area contributed by atoms with Crippen molar-refractivity contribution in [2.45, 2.75) is 37.0 Å². The maximum Gasteiger partial charge on any atom is 0.129 e. The highest BCUT2D eigenvalue weighted by atomic mass is 79.9. The van der Waals surface area contributed by atoms with Gasteiger partial charge in [0.1, 0.15) is 23.1 Å². The van der Waals surface area contributed by atoms with Gasteiger partial charge in [-0.1, -0.05) is 19.3 Å². The number of hydrogen-bond donors (Lipinski definition) is 2. The molecule has 0 amide bonds. The predicted octanol–water partition coefficient (Wildman–Crippen LogP) is 6.50. The molecular weight excluding hydrogens is 410 g/mol. The van der Waals surface area contributed by atoms with E-state index in [0.29, 0.717) is 9.37 Å². The van der Waals surface area contributed by atoms with Crippen LogP contribution in [0.5, 0.6) is 11.5 Å². The molecule has 1 aliphatic carbocycles. The minimum atomic E-state index is -0.361. The van der Waals surface area contributed by atoms with Gasteiger partial charge in [0, 0.05) is 5.75 Å². The third-order valence-corrected chi connectivity index (χ3v) is 5.94. The minimum absolute atomic E-state index is 0.0522. The summed E-state index contributed by atoms with van der Waals surface area (Å²) in [7, 11) is 0. The van der Waals surface area contributed by atoms with Crippen molar-refractivity contribution in [1.29, 1.82) is 0 Å². The van der Waals surface area contributed by atoms with Gasteiger partial charge in [0.15, 0.2) is 0 Å². The molecule has 0 aromatic heterocycles. The van der Waals surface area contributed by atoms with Crippen molar-refractivity contribution >= 4 is 27.7 Å². The lowest BCUT2D eigenvalue weighted by Crippen LogP contribution is -2.08. The Bertz CT molecular complexity index is 691. The Hall–Kier alpha value is -1.27. The fraction of sp³-hybridized carbons (Fsp3) is 0.368. The Morgan fingerprint density at radius 3 is 2.12 bits per heavy atom. The fourth-order valence-electron chi connectivity index (χ4n) is 2.65. The highest BCUT2D eigenvalue weighted by molar-refractivity contribution is 9.10. The van der Waals surface area contributed by atoms with Crippen molar-refractivity contribution in [3.8, 4) is 11.5 Å². The normalized spacial score (nSPS) is 14.7. The number of phenols is 2. The third-order valence-electron chi connectivity index (χ3n) is 4.03. The summed E-state index contributed by atoms with van der Waals surface area (Å²) < 4.78 is 25.6. The Kier molecular flexibility index (Phi) is 8.03. The van der Waals surface area contributed by atoms with Crippen LogP contribution in [0.2, 0.25) is 0 Å². The van der Waals surface area contributed by atoms with E-state index in [0.717, 1.165) is 11.7 Å². The summed E-state index contributed by atoms with van der Waals surface area (Å²) in [6.45, 7) is 0. The molecule has 136 valence electrons. The molecule has 0 spiro atoms. The van der Waals surface area contributed by atoms with Gasteiger partial charge in [-0.3, -0.25) is 0 Å². The molecule has 0 saturated heterocycles. The number of aromatic hydroxyl groups is 2. The molecule has 0 unspecified atom stereocenters. The second-order valence-electron chi connectivity index (χ2n) is 6.02. The molecule has 6 heteroatoms. The van der Waals surface area contributed by atoms with Crippen LogP contribution >= 0.6 is 27.7 Å². The van der Waals surface area contributed by atoms with Gasteiger partial charge in [0.05, 0.1) is 9.37 Å². The number of halogens is 3. The summed E-state index contributed by atoms with van der Waals surface area (Å²) >= 11 is 4.53. The third kappa shape index (κ3) is 6.86. The van der Waals surface area contributed by atoms with Gasteiger partial charge in [-0.25, -0.2) is 8.78 Å². The van der Waals surface area contributed by atoms with Gasteiger partial charge < -0.3 is 10.2 Å². The minimum Gasteiger partial charge on any atom is -0.507 e. The van der Waals surface area contributed by atoms with Crippen molar-refractivity contribution in [2.24, 2.45) is 5.92 Å². The molecule has 0 bridgehead atoms. The average molecular weight is 431 g/mol. The van der Waals surface area contributed by atoms with E-state index in [1.807, 2.05) is 0 Å². The molecular formula is C19H21BrF2O2S. The van der Waals surface area contributed by atoms with E-state index in [1.165, 1.54) is 68.5 Å². The highest BCUT2D eigenvalue weighted by Gasteiger charge is 2.14. The van der Waals surface area contributed by atoms with Crippen molar-refractivity contribution < 1.29 is 19.0 Å². The lowest BCUT2D eigenvalue weighted by molar-refractivity contribution is 0.390. The second kappa shape index (κ2) is 10.0. The predicted molar refractivity (Wildman–Crippen MR) is 101 cm³/mol. The van der Waals surface area contributed by atoms with E-state index >= 15 is 0 Å². The first kappa shape index (κ1) is 20.0. The largest absolute Gasteiger partial charge is 0.507 e. The molecule has 2 aromatic rings. The SMILES string of the molecule is Oc1ccc(F)cc1Br.Oc1ccc(F)cc1SCC1CCCCC1. The molecule has 1 fully saturated rings. The van der Waals surface area contributed by atoms with Crippen LogP contribution in [0.1, 0.15) is 32.1 Å². The monoisotopic (exact) mass is 430 g/mol. The molecule has 0 aliphatic heterocycles. The number of thioether (sulfide) groups is 1. The van der Waals surface area contributed by atoms with Crippen molar-refractivity contribution in [2.75, 3.05) is 5.75 Å². The summed E-state index contributed by atoms with van der Waals surface area (Å²) in [4.78, 5) is 0.672. The number of phenolic OH excluding ortho intramolecular Hbond substituents is 2. The Morgan fingerprint density at radius 1 is 0.920 bits per heavy atom. The zero-order valence-electron chi connectivity index (χ0n) is 13.7. The summed E-state index contributed by atoms with van der Waals surface area (Å²) in [6, 6.07) is 7.83. The van der Waals surface area contributed by atoms with E-state index in [1.54, 1.807) is 11.8 Å². The summed E-state index contributed by atoms with van der Waals surface area (Å²) in [5, 5.41) is 18.4. The van der Waals surface area contributed by atoms with E-state index in [4.69, 9.17) is 5.11 Å². The van der Waals surface area contributed by atoms with E-state index < -0.39 is 0 Å². The van der Waals surface area contributed by atoms with Gasteiger partial charge in [-0.15, -0.1) is 11.8 Å². The molecule has 2 aromatic carbocycles. The summed E-state index contributed by atoms with van der Waals surface area (Å²) in [5.74, 6) is 1.35. The molecule has 0 atom stereocenters. The average Bonchev–Trinajstić information content (AvgIpc) is 2.61. The van der Waals surface area contributed by atoms with Crippen LogP contribution in [0.3, 0.4) is 0 Å². The molecule has 2 N–H and O–H groups in total. The lowest BCUT2D eigenvalue weighted by Gasteiger charge is -2.21. The van der Waals surface area contributed by atoms with Gasteiger partial charge in [0.25, 0.3) is 0 Å². The Labute approximate surface area is 159 Å². The first-order valence-corrected chi connectivity index (χ1v) is 9.99. The lowest BCUT2D eigenvalue weighted by atomic mass is 9.91. The summed E-state index contributed by atoms with van der Waals surface area (Å²) in [6.07, 6.45) is 6.55. The van der Waals surface area contributed by atoms with Gasteiger partial charge in [0.2, 0.25) is 0 Å². The van der Waals surface area contributed by atoms with Crippen molar-refractivity contribution in [3.05, 3.63) is 52.5 Å². The van der Waals surface area contributed by atoms with E-state index in [-0.39, 0.29) is 23.1 Å². The standard InChI is InChI=1S/C13H17FOS.C6H4BrFO/c14-11-6-7-12(15)13(8-11)16-9-10-4-2-1-3-5-10;7-5-3-4(8)1-2-6(5)9/h6-8,10,15H,1-5,9H2;1-3,9H. The smallest absolute Gasteiger partial charge is 0.129 e. The van der Waals surface area contributed by atoms with Crippen molar-refractivity contribution in [1.82, 2.24) is 0 Å². The highest BCUT2D eigenvalue weighted by Crippen LogP contribution is 2.34. The number of benzene rings is 2. The Balaban J connectivity index is 0.000000212. The topological polar surface area (TPSA) is 40.5 Å². The van der Waals surface area contributed by atoms with Gasteiger partial charge >= 0.3 is 0 Å². The zero-order valence-corrected chi connectivity index (χ0v) is 16.1. The van der Waals surface area contributed by atoms with Crippen LogP contribution in [-0.4, -0.2) is 16.0 Å². The maximum atomic E-state index is 13.0. The molecule has 2 nitrogen and oxygen atoms in total. The van der Waals surface area contributed by atoms with E-state index in [2.05, 4.69) is 15.9 Å². The van der Waals surface area contributed by atoms with Crippen molar-refractivity contribution in [3.63, 3.8) is 0 Å². The number of hydrogen-bond acceptors (Lipinski definition) is 3. The maximum absolute atomic E-state index is 13.0. The summed E-state index contributed by atoms with van der Waals surface area (Å²) in [5.41, 5.74) is 0. The Morgan fingerprint density at radius 2 is 1.52 bits per heavy atom. The first-order valence-electron chi connectivity index (χ1n) is 8.21. The molecule has 0 radical (unpaired) electrons. The van der Waals surface area contributed by atoms with Crippen LogP contribution in [0.25, 0.3) is 0 Å². The van der Waals surface area contributed by atoms with Crippen LogP contribution in [0, 0.1) is 17.6 Å². The van der Waals surface area contributed by atoms with Crippen LogP contribution in [0.4, 0.5) is 8.78 Å². The van der Waals surface area contributed by atoms with Crippen LogP contribution in [0.15, 0.2) is 45.8 Å². The first-order chi connectivity index (χ1) is 12.0. The van der Waals surface area contributed by atoms with Gasteiger partial charge in [-0.05, 0) is 71.1 Å². The van der Waals surface area contributed by atoms with Crippen LogP contribution in [-0.2, 0) is 0 Å². The molecule has 1 aliphatic rings. The second-order valence-corrected chi connectivity index (χ2v) is 7.94. The van der Waals surface area contributed by atoms with E-state index in [9.17, 15) is 13.9 Å². The van der Waals surface area contributed by atoms with Crippen LogP contribution < -0.4 is 0 Å². The zero-order chi connectivity index (χ0) is 18.2. The molecule has 25 heavy (non-hydrogen) atoms. The fourth-order valence-corrected chi connectivity index (χ4v) is 4.16.